The molecule has 0 heterocycles. The van der Waals surface area contributed by atoms with Crippen LogP contribution in [0.4, 0.5) is 5.69 Å². The van der Waals surface area contributed by atoms with Crippen LogP contribution in [0.2, 0.25) is 0 Å². The first kappa shape index (κ1) is 19.4. The highest BCUT2D eigenvalue weighted by molar-refractivity contribution is 14.0. The van der Waals surface area contributed by atoms with Crippen molar-refractivity contribution < 1.29 is 9.47 Å². The van der Waals surface area contributed by atoms with Crippen LogP contribution in [-0.2, 0) is 12.8 Å². The number of rotatable bonds is 5. The van der Waals surface area contributed by atoms with Crippen molar-refractivity contribution in [3.8, 4) is 11.5 Å². The maximum absolute atomic E-state index is 6.05. The average molecular weight is 453 g/mol. The van der Waals surface area contributed by atoms with E-state index in [1.165, 1.54) is 11.1 Å². The van der Waals surface area contributed by atoms with Gasteiger partial charge in [0, 0.05) is 12.6 Å². The largest absolute Gasteiger partial charge is 0.497 e. The molecule has 0 bridgehead atoms. The average Bonchev–Trinajstić information content (AvgIpc) is 3.03. The zero-order chi connectivity index (χ0) is 16.9. The zero-order valence-corrected chi connectivity index (χ0v) is 16.8. The maximum atomic E-state index is 6.05. The summed E-state index contributed by atoms with van der Waals surface area (Å²) in [7, 11) is 3.25. The fourth-order valence-electron chi connectivity index (χ4n) is 3.10. The van der Waals surface area contributed by atoms with E-state index in [0.717, 1.165) is 24.3 Å². The number of halogens is 1. The van der Waals surface area contributed by atoms with Crippen LogP contribution in [0.1, 0.15) is 11.1 Å². The molecule has 1 aliphatic rings. The molecule has 0 spiro atoms. The summed E-state index contributed by atoms with van der Waals surface area (Å²) in [6.07, 6.45) is 2.13. The summed E-state index contributed by atoms with van der Waals surface area (Å²) < 4.78 is 10.6. The second-order valence-corrected chi connectivity index (χ2v) is 5.96. The summed E-state index contributed by atoms with van der Waals surface area (Å²) in [6.45, 7) is 0.708. The van der Waals surface area contributed by atoms with Gasteiger partial charge in [0.05, 0.1) is 19.9 Å². The van der Waals surface area contributed by atoms with Gasteiger partial charge in [-0.1, -0.05) is 24.3 Å². The molecule has 0 amide bonds. The van der Waals surface area contributed by atoms with E-state index in [9.17, 15) is 0 Å². The number of nitrogens with two attached hydrogens (primary N) is 1. The predicted molar refractivity (Wildman–Crippen MR) is 112 cm³/mol. The van der Waals surface area contributed by atoms with Crippen molar-refractivity contribution in [1.29, 1.82) is 0 Å². The van der Waals surface area contributed by atoms with Crippen LogP contribution in [0.5, 0.6) is 11.5 Å². The van der Waals surface area contributed by atoms with Gasteiger partial charge in [0.15, 0.2) is 5.96 Å². The summed E-state index contributed by atoms with van der Waals surface area (Å²) in [5.41, 5.74) is 9.65. The molecule has 5 nitrogen and oxygen atoms in total. The van der Waals surface area contributed by atoms with Gasteiger partial charge >= 0.3 is 0 Å². The Hall–Kier alpha value is -1.96. The van der Waals surface area contributed by atoms with Crippen molar-refractivity contribution in [1.82, 2.24) is 0 Å². The van der Waals surface area contributed by atoms with Gasteiger partial charge in [0.1, 0.15) is 11.5 Å². The molecule has 2 aromatic rings. The van der Waals surface area contributed by atoms with Gasteiger partial charge in [-0.15, -0.1) is 24.0 Å². The zero-order valence-electron chi connectivity index (χ0n) is 14.5. The van der Waals surface area contributed by atoms with Crippen LogP contribution >= 0.6 is 24.0 Å². The third-order valence-electron chi connectivity index (χ3n) is 4.32. The smallest absolute Gasteiger partial charge is 0.193 e. The Kier molecular flexibility index (Phi) is 6.92. The highest BCUT2D eigenvalue weighted by atomic mass is 127. The SMILES string of the molecule is COc1ccc(OC)c(NC(N)=NCC2Cc3ccccc3C2)c1.I. The minimum absolute atomic E-state index is 0. The van der Waals surface area contributed by atoms with Crippen LogP contribution in [0.3, 0.4) is 0 Å². The van der Waals surface area contributed by atoms with E-state index in [0.29, 0.717) is 24.2 Å². The Morgan fingerprint density at radius 2 is 1.80 bits per heavy atom. The predicted octanol–water partition coefficient (Wildman–Crippen LogP) is 3.46. The first-order chi connectivity index (χ1) is 11.7. The number of anilines is 1. The monoisotopic (exact) mass is 453 g/mol. The molecule has 2 aromatic carbocycles. The van der Waals surface area contributed by atoms with Crippen molar-refractivity contribution in [3.63, 3.8) is 0 Å². The Morgan fingerprint density at radius 3 is 2.40 bits per heavy atom. The number of hydrogen-bond donors (Lipinski definition) is 2. The molecule has 1 aliphatic carbocycles. The number of fused-ring (bicyclic) bond motifs is 1. The van der Waals surface area contributed by atoms with Crippen LogP contribution < -0.4 is 20.5 Å². The van der Waals surface area contributed by atoms with E-state index >= 15 is 0 Å². The molecule has 0 radical (unpaired) electrons. The highest BCUT2D eigenvalue weighted by Gasteiger charge is 2.20. The van der Waals surface area contributed by atoms with E-state index in [2.05, 4.69) is 34.6 Å². The van der Waals surface area contributed by atoms with Crippen molar-refractivity contribution in [3.05, 3.63) is 53.6 Å². The molecule has 0 atom stereocenters. The lowest BCUT2D eigenvalue weighted by Gasteiger charge is -2.13. The van der Waals surface area contributed by atoms with Gasteiger partial charge in [0.2, 0.25) is 0 Å². The topological polar surface area (TPSA) is 68.9 Å². The molecule has 3 N–H and O–H groups in total. The second-order valence-electron chi connectivity index (χ2n) is 5.96. The summed E-state index contributed by atoms with van der Waals surface area (Å²) in [4.78, 5) is 4.50. The Balaban J connectivity index is 0.00000225. The number of hydrogen-bond acceptors (Lipinski definition) is 3. The van der Waals surface area contributed by atoms with Gasteiger partial charge in [-0.2, -0.15) is 0 Å². The third kappa shape index (κ3) is 4.78. The van der Waals surface area contributed by atoms with Crippen molar-refractivity contribution >= 4 is 35.6 Å². The summed E-state index contributed by atoms with van der Waals surface area (Å²) in [5.74, 6) is 2.33. The van der Waals surface area contributed by atoms with Crippen molar-refractivity contribution in [2.75, 3.05) is 26.1 Å². The molecule has 0 saturated carbocycles. The van der Waals surface area contributed by atoms with Crippen molar-refractivity contribution in [2.45, 2.75) is 12.8 Å². The molecule has 0 aromatic heterocycles. The quantitative estimate of drug-likeness (QED) is 0.414. The fourth-order valence-corrected chi connectivity index (χ4v) is 3.10. The minimum atomic E-state index is 0. The van der Waals surface area contributed by atoms with Crippen LogP contribution in [0, 0.1) is 5.92 Å². The molecule has 6 heteroatoms. The lowest BCUT2D eigenvalue weighted by Crippen LogP contribution is -2.24. The summed E-state index contributed by atoms with van der Waals surface area (Å²) >= 11 is 0. The van der Waals surface area contributed by atoms with E-state index in [1.54, 1.807) is 14.2 Å². The number of ether oxygens (including phenoxy) is 2. The Morgan fingerprint density at radius 1 is 1.12 bits per heavy atom. The van der Waals surface area contributed by atoms with Crippen LogP contribution in [-0.4, -0.2) is 26.7 Å². The molecule has 134 valence electrons. The number of nitrogens with one attached hydrogen (secondary N) is 1. The standard InChI is InChI=1S/C19H23N3O2.HI/c1-23-16-7-8-18(24-2)17(11-16)22-19(20)21-12-13-9-14-5-3-4-6-15(14)10-13;/h3-8,11,13H,9-10,12H2,1-2H3,(H3,20,21,22);1H. The third-order valence-corrected chi connectivity index (χ3v) is 4.32. The van der Waals surface area contributed by atoms with Gasteiger partial charge in [-0.3, -0.25) is 4.99 Å². The molecule has 0 fully saturated rings. The molecule has 3 rings (SSSR count). The van der Waals surface area contributed by atoms with E-state index < -0.39 is 0 Å². The molecular weight excluding hydrogens is 429 g/mol. The molecule has 0 aliphatic heterocycles. The Labute approximate surface area is 165 Å². The number of methoxy groups -OCH3 is 2. The van der Waals surface area contributed by atoms with Crippen LogP contribution in [0.15, 0.2) is 47.5 Å². The highest BCUT2D eigenvalue weighted by Crippen LogP contribution is 2.29. The van der Waals surface area contributed by atoms with E-state index in [1.807, 2.05) is 18.2 Å². The fraction of sp³-hybridized carbons (Fsp3) is 0.316. The van der Waals surface area contributed by atoms with Gasteiger partial charge < -0.3 is 20.5 Å². The van der Waals surface area contributed by atoms with Crippen molar-refractivity contribution in [2.24, 2.45) is 16.6 Å². The molecular formula is C19H24IN3O2. The van der Waals surface area contributed by atoms with E-state index in [4.69, 9.17) is 15.2 Å². The number of nitrogens with zero attached hydrogens (tertiary/aromatic N) is 1. The molecule has 25 heavy (non-hydrogen) atoms. The normalized spacial score (nSPS) is 13.8. The second kappa shape index (κ2) is 8.94. The number of guanidine groups is 1. The summed E-state index contributed by atoms with van der Waals surface area (Å²) in [6, 6.07) is 14.1. The first-order valence-electron chi connectivity index (χ1n) is 8.05. The van der Waals surface area contributed by atoms with Gasteiger partial charge in [-0.05, 0) is 42.0 Å². The lowest BCUT2D eigenvalue weighted by atomic mass is 10.1. The summed E-state index contributed by atoms with van der Waals surface area (Å²) in [5, 5.41) is 3.10. The maximum Gasteiger partial charge on any atom is 0.193 e. The molecule has 0 saturated heterocycles. The lowest BCUT2D eigenvalue weighted by molar-refractivity contribution is 0.405. The molecule has 0 unspecified atom stereocenters. The van der Waals surface area contributed by atoms with Gasteiger partial charge in [0.25, 0.3) is 0 Å². The van der Waals surface area contributed by atoms with Crippen LogP contribution in [0.25, 0.3) is 0 Å². The number of aliphatic imine (C=N–C) groups is 1. The van der Waals surface area contributed by atoms with Gasteiger partial charge in [-0.25, -0.2) is 0 Å². The number of benzene rings is 2. The van der Waals surface area contributed by atoms with E-state index in [-0.39, 0.29) is 24.0 Å². The minimum Gasteiger partial charge on any atom is -0.497 e. The Bertz CT molecular complexity index is 724. The first-order valence-corrected chi connectivity index (χ1v) is 8.05.